The molecule has 0 amide bonds. The lowest BCUT2D eigenvalue weighted by atomic mass is 9.86. The van der Waals surface area contributed by atoms with E-state index in [1.165, 1.54) is 0 Å². The molecule has 1 aliphatic rings. The Hall–Kier alpha value is -2.59. The Balaban J connectivity index is 1.99. The minimum Gasteiger partial charge on any atom is -0.464 e. The molecule has 0 N–H and O–H groups in total. The van der Waals surface area contributed by atoms with Crippen LogP contribution in [0.2, 0.25) is 0 Å². The van der Waals surface area contributed by atoms with E-state index in [0.717, 1.165) is 10.9 Å². The Morgan fingerprint density at radius 1 is 1.04 bits per heavy atom. The van der Waals surface area contributed by atoms with Crippen molar-refractivity contribution in [2.45, 2.75) is 18.6 Å². The zero-order chi connectivity index (χ0) is 15.8. The van der Waals surface area contributed by atoms with Gasteiger partial charge in [0, 0.05) is 19.4 Å². The van der Waals surface area contributed by atoms with Crippen LogP contribution in [0.3, 0.4) is 0 Å². The molecule has 1 aliphatic heterocycles. The second-order valence-electron chi connectivity index (χ2n) is 5.61. The van der Waals surface area contributed by atoms with E-state index in [1.807, 2.05) is 48.5 Å². The Labute approximate surface area is 133 Å². The van der Waals surface area contributed by atoms with Crippen molar-refractivity contribution in [3.63, 3.8) is 0 Å². The first-order valence-electron chi connectivity index (χ1n) is 7.58. The molecular formula is C19H16O4. The molecule has 1 aromatic heterocycles. The van der Waals surface area contributed by atoms with Gasteiger partial charge in [-0.25, -0.2) is 4.79 Å². The minimum atomic E-state index is -0.391. The van der Waals surface area contributed by atoms with Gasteiger partial charge < -0.3 is 13.9 Å². The molecule has 0 radical (unpaired) electrons. The number of para-hydroxylation sites is 1. The van der Waals surface area contributed by atoms with E-state index in [9.17, 15) is 4.79 Å². The lowest BCUT2D eigenvalue weighted by molar-refractivity contribution is -0.0685. The average Bonchev–Trinajstić information content (AvgIpc) is 2.61. The lowest BCUT2D eigenvalue weighted by Crippen LogP contribution is -2.31. The number of hydrogen-bond acceptors (Lipinski definition) is 4. The van der Waals surface area contributed by atoms with Crippen molar-refractivity contribution in [2.75, 3.05) is 7.11 Å². The van der Waals surface area contributed by atoms with Crippen molar-refractivity contribution in [1.82, 2.24) is 0 Å². The molecule has 4 nitrogen and oxygen atoms in total. The fraction of sp³-hybridized carbons (Fsp3) is 0.211. The van der Waals surface area contributed by atoms with Crippen molar-refractivity contribution < 1.29 is 13.9 Å². The van der Waals surface area contributed by atoms with E-state index in [1.54, 1.807) is 13.2 Å². The Morgan fingerprint density at radius 3 is 2.57 bits per heavy atom. The van der Waals surface area contributed by atoms with Crippen molar-refractivity contribution in [1.29, 1.82) is 0 Å². The summed E-state index contributed by atoms with van der Waals surface area (Å²) < 4.78 is 16.9. The van der Waals surface area contributed by atoms with Crippen LogP contribution in [-0.4, -0.2) is 13.4 Å². The lowest BCUT2D eigenvalue weighted by Gasteiger charge is -2.31. The van der Waals surface area contributed by atoms with Crippen LogP contribution in [0, 0.1) is 0 Å². The number of fused-ring (bicyclic) bond motifs is 3. The third-order valence-electron chi connectivity index (χ3n) is 4.29. The van der Waals surface area contributed by atoms with E-state index in [0.29, 0.717) is 23.3 Å². The zero-order valence-corrected chi connectivity index (χ0v) is 12.7. The maximum Gasteiger partial charge on any atom is 0.343 e. The van der Waals surface area contributed by atoms with Crippen molar-refractivity contribution >= 4 is 11.0 Å². The largest absolute Gasteiger partial charge is 0.464 e. The van der Waals surface area contributed by atoms with Gasteiger partial charge in [0.05, 0.1) is 10.9 Å². The molecule has 4 rings (SSSR count). The number of hydrogen-bond donors (Lipinski definition) is 0. The quantitative estimate of drug-likeness (QED) is 0.678. The molecule has 0 saturated heterocycles. The maximum atomic E-state index is 12.6. The molecule has 3 aromatic rings. The topological polar surface area (TPSA) is 48.7 Å². The summed E-state index contributed by atoms with van der Waals surface area (Å²) in [5.74, 6) is 0.467. The molecule has 23 heavy (non-hydrogen) atoms. The molecule has 2 heterocycles. The smallest absolute Gasteiger partial charge is 0.343 e. The van der Waals surface area contributed by atoms with Crippen LogP contribution in [0.15, 0.2) is 63.8 Å². The average molecular weight is 308 g/mol. The third kappa shape index (κ3) is 2.32. The third-order valence-corrected chi connectivity index (χ3v) is 4.29. The van der Waals surface area contributed by atoms with Gasteiger partial charge >= 0.3 is 5.63 Å². The first kappa shape index (κ1) is 14.0. The molecule has 0 unspecified atom stereocenters. The first-order chi connectivity index (χ1) is 11.3. The summed E-state index contributed by atoms with van der Waals surface area (Å²) in [5, 5.41) is 0.796. The normalized spacial score (nSPS) is 20.0. The number of rotatable bonds is 2. The summed E-state index contributed by atoms with van der Waals surface area (Å²) in [5.41, 5.74) is 1.81. The summed E-state index contributed by atoms with van der Waals surface area (Å²) >= 11 is 0. The van der Waals surface area contributed by atoms with Gasteiger partial charge in [-0.15, -0.1) is 0 Å². The summed E-state index contributed by atoms with van der Waals surface area (Å²) in [6.07, 6.45) is 0.189. The van der Waals surface area contributed by atoms with E-state index >= 15 is 0 Å². The van der Waals surface area contributed by atoms with E-state index < -0.39 is 6.29 Å². The highest BCUT2D eigenvalue weighted by Crippen LogP contribution is 2.42. The molecule has 4 heteroatoms. The first-order valence-corrected chi connectivity index (χ1v) is 7.58. The van der Waals surface area contributed by atoms with Crippen LogP contribution < -0.4 is 10.4 Å². The van der Waals surface area contributed by atoms with Crippen LogP contribution in [0.1, 0.15) is 23.5 Å². The molecule has 0 saturated carbocycles. The molecule has 0 spiro atoms. The maximum absolute atomic E-state index is 12.6. The van der Waals surface area contributed by atoms with Gasteiger partial charge in [-0.1, -0.05) is 42.5 Å². The van der Waals surface area contributed by atoms with Crippen LogP contribution in [0.5, 0.6) is 5.75 Å². The highest BCUT2D eigenvalue weighted by atomic mass is 16.7. The van der Waals surface area contributed by atoms with Crippen molar-refractivity contribution in [3.05, 3.63) is 76.1 Å². The molecule has 0 bridgehead atoms. The van der Waals surface area contributed by atoms with E-state index in [2.05, 4.69) is 0 Å². The van der Waals surface area contributed by atoms with Gasteiger partial charge in [-0.3, -0.25) is 0 Å². The highest BCUT2D eigenvalue weighted by Gasteiger charge is 2.34. The Bertz CT molecular complexity index is 898. The number of ether oxygens (including phenoxy) is 2. The van der Waals surface area contributed by atoms with Crippen LogP contribution >= 0.6 is 0 Å². The van der Waals surface area contributed by atoms with Crippen molar-refractivity contribution in [3.8, 4) is 5.75 Å². The monoisotopic (exact) mass is 308 g/mol. The fourth-order valence-electron chi connectivity index (χ4n) is 3.19. The molecule has 116 valence electrons. The number of benzene rings is 2. The highest BCUT2D eigenvalue weighted by molar-refractivity contribution is 5.85. The molecule has 0 aliphatic carbocycles. The van der Waals surface area contributed by atoms with Gasteiger partial charge in [-0.05, 0) is 17.7 Å². The van der Waals surface area contributed by atoms with Crippen LogP contribution in [0.25, 0.3) is 11.0 Å². The summed E-state index contributed by atoms with van der Waals surface area (Å²) in [6, 6.07) is 17.3. The van der Waals surface area contributed by atoms with Crippen molar-refractivity contribution in [2.24, 2.45) is 0 Å². The van der Waals surface area contributed by atoms with E-state index in [4.69, 9.17) is 13.9 Å². The predicted octanol–water partition coefficient (Wildman–Crippen LogP) is 3.68. The fourth-order valence-corrected chi connectivity index (χ4v) is 3.19. The van der Waals surface area contributed by atoms with E-state index in [-0.39, 0.29) is 11.5 Å². The number of methoxy groups -OCH3 is 1. The predicted molar refractivity (Wildman–Crippen MR) is 86.8 cm³/mol. The summed E-state index contributed by atoms with van der Waals surface area (Å²) in [6.45, 7) is 0. The zero-order valence-electron chi connectivity index (χ0n) is 12.7. The van der Waals surface area contributed by atoms with Gasteiger partial charge in [0.2, 0.25) is 6.29 Å². The van der Waals surface area contributed by atoms with Crippen LogP contribution in [0.4, 0.5) is 0 Å². The SMILES string of the molecule is CO[C@H]1C[C@@H](c2ccccc2)c2c(c3ccccc3oc2=O)O1. The second-order valence-corrected chi connectivity index (χ2v) is 5.61. The standard InChI is InChI=1S/C19H16O4/c1-21-16-11-14(12-7-3-2-4-8-12)17-18(23-16)13-9-5-6-10-15(13)22-19(17)20/h2-10,14,16H,11H2,1H3/t14-,16+/m0/s1. The molecule has 2 aromatic carbocycles. The van der Waals surface area contributed by atoms with Gasteiger partial charge in [-0.2, -0.15) is 0 Å². The Morgan fingerprint density at radius 2 is 1.78 bits per heavy atom. The van der Waals surface area contributed by atoms with Gasteiger partial charge in [0.25, 0.3) is 0 Å². The Kier molecular flexibility index (Phi) is 3.39. The minimum absolute atomic E-state index is 0.106. The molecule has 2 atom stereocenters. The second kappa shape index (κ2) is 5.56. The van der Waals surface area contributed by atoms with Gasteiger partial charge in [0.1, 0.15) is 11.3 Å². The molecular weight excluding hydrogens is 292 g/mol. The van der Waals surface area contributed by atoms with Crippen LogP contribution in [-0.2, 0) is 4.74 Å². The van der Waals surface area contributed by atoms with Gasteiger partial charge in [0.15, 0.2) is 0 Å². The summed E-state index contributed by atoms with van der Waals surface area (Å²) in [4.78, 5) is 12.6. The molecule has 0 fully saturated rings. The summed E-state index contributed by atoms with van der Waals surface area (Å²) in [7, 11) is 1.62.